The molecule has 0 atom stereocenters. The SMILES string of the molecule is Cc1ccc(-c2cn(-c3cccc4ccccc34)nn2)cc1. The summed E-state index contributed by atoms with van der Waals surface area (Å²) in [6.45, 7) is 2.08. The van der Waals surface area contributed by atoms with Gasteiger partial charge in [-0.25, -0.2) is 4.68 Å². The molecule has 0 N–H and O–H groups in total. The predicted molar refractivity (Wildman–Crippen MR) is 89.0 cm³/mol. The summed E-state index contributed by atoms with van der Waals surface area (Å²) >= 11 is 0. The number of aryl methyl sites for hydroxylation is 1. The fourth-order valence-corrected chi connectivity index (χ4v) is 2.65. The van der Waals surface area contributed by atoms with Crippen LogP contribution in [0, 0.1) is 6.92 Å². The van der Waals surface area contributed by atoms with E-state index in [9.17, 15) is 0 Å². The van der Waals surface area contributed by atoms with Crippen molar-refractivity contribution in [2.75, 3.05) is 0 Å². The van der Waals surface area contributed by atoms with E-state index in [2.05, 4.69) is 65.8 Å². The molecule has 0 unspecified atom stereocenters. The number of aromatic nitrogens is 3. The molecular weight excluding hydrogens is 270 g/mol. The molecule has 0 saturated heterocycles. The van der Waals surface area contributed by atoms with Crippen molar-refractivity contribution in [3.05, 3.63) is 78.5 Å². The predicted octanol–water partition coefficient (Wildman–Crippen LogP) is 4.40. The number of nitrogens with zero attached hydrogens (tertiary/aromatic N) is 3. The third-order valence-electron chi connectivity index (χ3n) is 3.85. The van der Waals surface area contributed by atoms with Gasteiger partial charge in [-0.15, -0.1) is 5.10 Å². The van der Waals surface area contributed by atoms with Crippen molar-refractivity contribution >= 4 is 10.8 Å². The molecule has 3 aromatic carbocycles. The molecule has 1 heterocycles. The average Bonchev–Trinajstić information content (AvgIpc) is 3.05. The summed E-state index contributed by atoms with van der Waals surface area (Å²) in [6, 6.07) is 22.9. The van der Waals surface area contributed by atoms with Crippen LogP contribution in [0.1, 0.15) is 5.56 Å². The normalized spacial score (nSPS) is 11.0. The molecule has 0 aliphatic heterocycles. The van der Waals surface area contributed by atoms with Crippen molar-refractivity contribution in [2.24, 2.45) is 0 Å². The van der Waals surface area contributed by atoms with Gasteiger partial charge in [0.1, 0.15) is 5.69 Å². The minimum atomic E-state index is 0.882. The molecule has 0 aliphatic rings. The van der Waals surface area contributed by atoms with Gasteiger partial charge >= 0.3 is 0 Å². The van der Waals surface area contributed by atoms with Gasteiger partial charge in [0.2, 0.25) is 0 Å². The van der Waals surface area contributed by atoms with Gasteiger partial charge in [-0.05, 0) is 18.4 Å². The van der Waals surface area contributed by atoms with Crippen LogP contribution in [0.25, 0.3) is 27.7 Å². The van der Waals surface area contributed by atoms with Gasteiger partial charge in [0, 0.05) is 10.9 Å². The van der Waals surface area contributed by atoms with E-state index < -0.39 is 0 Å². The van der Waals surface area contributed by atoms with Crippen molar-refractivity contribution in [3.63, 3.8) is 0 Å². The molecule has 4 aromatic rings. The van der Waals surface area contributed by atoms with Crippen molar-refractivity contribution < 1.29 is 0 Å². The quantitative estimate of drug-likeness (QED) is 0.546. The van der Waals surface area contributed by atoms with E-state index in [1.807, 2.05) is 29.1 Å². The Morgan fingerprint density at radius 3 is 2.45 bits per heavy atom. The molecule has 0 amide bonds. The van der Waals surface area contributed by atoms with E-state index in [4.69, 9.17) is 0 Å². The van der Waals surface area contributed by atoms with Crippen molar-refractivity contribution in [1.29, 1.82) is 0 Å². The zero-order chi connectivity index (χ0) is 14.9. The molecule has 0 bridgehead atoms. The first-order valence-corrected chi connectivity index (χ1v) is 7.29. The molecule has 0 saturated carbocycles. The maximum Gasteiger partial charge on any atom is 0.113 e. The Morgan fingerprint density at radius 2 is 1.59 bits per heavy atom. The Hall–Kier alpha value is -2.94. The van der Waals surface area contributed by atoms with Crippen LogP contribution in [0.2, 0.25) is 0 Å². The topological polar surface area (TPSA) is 30.7 Å². The van der Waals surface area contributed by atoms with Gasteiger partial charge in [0.15, 0.2) is 0 Å². The maximum absolute atomic E-state index is 4.31. The number of hydrogen-bond acceptors (Lipinski definition) is 2. The maximum atomic E-state index is 4.31. The van der Waals surface area contributed by atoms with Gasteiger partial charge in [0.25, 0.3) is 0 Å². The van der Waals surface area contributed by atoms with Crippen LogP contribution in [-0.4, -0.2) is 15.0 Å². The molecular formula is C19H15N3. The molecule has 3 heteroatoms. The third kappa shape index (κ3) is 2.17. The highest BCUT2D eigenvalue weighted by atomic mass is 15.4. The minimum Gasteiger partial charge on any atom is -0.219 e. The molecule has 4 rings (SSSR count). The second-order valence-electron chi connectivity index (χ2n) is 5.41. The Labute approximate surface area is 128 Å². The van der Waals surface area contributed by atoms with E-state index in [0.29, 0.717) is 0 Å². The van der Waals surface area contributed by atoms with E-state index in [1.165, 1.54) is 16.3 Å². The van der Waals surface area contributed by atoms with Crippen LogP contribution in [0.15, 0.2) is 72.9 Å². The second-order valence-corrected chi connectivity index (χ2v) is 5.41. The van der Waals surface area contributed by atoms with E-state index in [-0.39, 0.29) is 0 Å². The summed E-state index contributed by atoms with van der Waals surface area (Å²) in [4.78, 5) is 0. The van der Waals surface area contributed by atoms with Crippen LogP contribution >= 0.6 is 0 Å². The number of rotatable bonds is 2. The summed E-state index contributed by atoms with van der Waals surface area (Å²) in [7, 11) is 0. The average molecular weight is 285 g/mol. The molecule has 0 fully saturated rings. The molecule has 3 nitrogen and oxygen atoms in total. The van der Waals surface area contributed by atoms with E-state index in [1.54, 1.807) is 0 Å². The number of benzene rings is 3. The largest absolute Gasteiger partial charge is 0.219 e. The van der Waals surface area contributed by atoms with Gasteiger partial charge in [-0.1, -0.05) is 71.4 Å². The fraction of sp³-hybridized carbons (Fsp3) is 0.0526. The van der Waals surface area contributed by atoms with Crippen LogP contribution in [0.3, 0.4) is 0 Å². The van der Waals surface area contributed by atoms with Gasteiger partial charge in [0.05, 0.1) is 11.9 Å². The lowest BCUT2D eigenvalue weighted by Gasteiger charge is -2.05. The van der Waals surface area contributed by atoms with Crippen LogP contribution < -0.4 is 0 Å². The number of hydrogen-bond donors (Lipinski definition) is 0. The van der Waals surface area contributed by atoms with Crippen molar-refractivity contribution in [3.8, 4) is 16.9 Å². The van der Waals surface area contributed by atoms with E-state index >= 15 is 0 Å². The molecule has 0 aliphatic carbocycles. The lowest BCUT2D eigenvalue weighted by atomic mass is 10.1. The summed E-state index contributed by atoms with van der Waals surface area (Å²) in [5.41, 5.74) is 4.25. The summed E-state index contributed by atoms with van der Waals surface area (Å²) in [5, 5.41) is 11.0. The van der Waals surface area contributed by atoms with Crippen molar-refractivity contribution in [2.45, 2.75) is 6.92 Å². The first-order valence-electron chi connectivity index (χ1n) is 7.29. The highest BCUT2D eigenvalue weighted by molar-refractivity contribution is 5.90. The van der Waals surface area contributed by atoms with Crippen molar-refractivity contribution in [1.82, 2.24) is 15.0 Å². The minimum absolute atomic E-state index is 0.882. The fourth-order valence-electron chi connectivity index (χ4n) is 2.65. The third-order valence-corrected chi connectivity index (χ3v) is 3.85. The molecule has 0 radical (unpaired) electrons. The zero-order valence-corrected chi connectivity index (χ0v) is 12.3. The Balaban J connectivity index is 1.82. The molecule has 22 heavy (non-hydrogen) atoms. The van der Waals surface area contributed by atoms with Gasteiger partial charge in [-0.2, -0.15) is 0 Å². The molecule has 0 spiro atoms. The Kier molecular flexibility index (Phi) is 2.97. The first kappa shape index (κ1) is 12.8. The Morgan fingerprint density at radius 1 is 0.818 bits per heavy atom. The van der Waals surface area contributed by atoms with Gasteiger partial charge in [-0.3, -0.25) is 0 Å². The lowest BCUT2D eigenvalue weighted by Crippen LogP contribution is -1.95. The monoisotopic (exact) mass is 285 g/mol. The number of fused-ring (bicyclic) bond motifs is 1. The van der Waals surface area contributed by atoms with Crippen LogP contribution in [-0.2, 0) is 0 Å². The summed E-state index contributed by atoms with van der Waals surface area (Å²) in [6.07, 6.45) is 1.98. The van der Waals surface area contributed by atoms with Gasteiger partial charge < -0.3 is 0 Å². The first-order chi connectivity index (χ1) is 10.8. The Bertz CT molecular complexity index is 931. The van der Waals surface area contributed by atoms with Crippen LogP contribution in [0.5, 0.6) is 0 Å². The van der Waals surface area contributed by atoms with Crippen LogP contribution in [0.4, 0.5) is 0 Å². The second kappa shape index (κ2) is 5.11. The highest BCUT2D eigenvalue weighted by Gasteiger charge is 2.07. The lowest BCUT2D eigenvalue weighted by molar-refractivity contribution is 0.809. The highest BCUT2D eigenvalue weighted by Crippen LogP contribution is 2.23. The molecule has 106 valence electrons. The zero-order valence-electron chi connectivity index (χ0n) is 12.3. The smallest absolute Gasteiger partial charge is 0.113 e. The standard InChI is InChI=1S/C19H15N3/c1-14-9-11-16(12-10-14)18-13-22(21-20-18)19-8-4-6-15-5-2-3-7-17(15)19/h2-13H,1H3. The molecule has 1 aromatic heterocycles. The van der Waals surface area contributed by atoms with E-state index in [0.717, 1.165) is 16.9 Å². The summed E-state index contributed by atoms with van der Waals surface area (Å²) in [5.74, 6) is 0. The summed E-state index contributed by atoms with van der Waals surface area (Å²) < 4.78 is 1.84.